The minimum absolute atomic E-state index is 0.116. The van der Waals surface area contributed by atoms with Crippen molar-refractivity contribution >= 4 is 22.1 Å². The molecule has 1 aromatic heterocycles. The molecule has 0 aliphatic carbocycles. The van der Waals surface area contributed by atoms with Gasteiger partial charge in [0.05, 0.1) is 17.8 Å². The Morgan fingerprint density at radius 3 is 2.33 bits per heavy atom. The zero-order chi connectivity index (χ0) is 21.3. The average molecular weight is 426 g/mol. The number of phenols is 1. The van der Waals surface area contributed by atoms with Gasteiger partial charge in [-0.1, -0.05) is 32.9 Å². The Kier molecular flexibility index (Phi) is 6.00. The summed E-state index contributed by atoms with van der Waals surface area (Å²) in [5.74, 6) is 1.17. The molecule has 1 aliphatic heterocycles. The van der Waals surface area contributed by atoms with Crippen molar-refractivity contribution in [3.05, 3.63) is 52.0 Å². The van der Waals surface area contributed by atoms with E-state index in [1.807, 2.05) is 18.2 Å². The summed E-state index contributed by atoms with van der Waals surface area (Å²) in [5, 5.41) is 16.1. The number of phenolic OH excluding ortho intramolecular Hbond substituents is 1. The van der Waals surface area contributed by atoms with E-state index >= 15 is 0 Å². The van der Waals surface area contributed by atoms with Gasteiger partial charge in [-0.15, -0.1) is 11.3 Å². The van der Waals surface area contributed by atoms with E-state index in [-0.39, 0.29) is 5.41 Å². The quantitative estimate of drug-likeness (QED) is 0.646. The first-order chi connectivity index (χ1) is 14.3. The molecule has 0 bridgehead atoms. The maximum Gasteiger partial charge on any atom is 0.120 e. The molecule has 160 valence electrons. The standard InChI is InChI=1S/C24H31N3O2S/c1-24(2,3)23-25-18(16-30-23)14-26-9-11-27(12-10-26)15-21-20-13-19(29-4)7-5-17(20)6-8-22(21)28/h5-8,13,16,28H,9-12,14-15H2,1-4H3. The molecular weight excluding hydrogens is 394 g/mol. The Balaban J connectivity index is 1.40. The zero-order valence-electron chi connectivity index (χ0n) is 18.3. The molecule has 0 saturated carbocycles. The number of thiazole rings is 1. The highest BCUT2D eigenvalue weighted by Gasteiger charge is 2.22. The van der Waals surface area contributed by atoms with Gasteiger partial charge in [-0.25, -0.2) is 4.98 Å². The number of fused-ring (bicyclic) bond motifs is 1. The molecule has 0 amide bonds. The summed E-state index contributed by atoms with van der Waals surface area (Å²) in [5.41, 5.74) is 2.27. The Bertz CT molecular complexity index is 1020. The summed E-state index contributed by atoms with van der Waals surface area (Å²) >= 11 is 1.77. The van der Waals surface area contributed by atoms with Crippen LogP contribution >= 0.6 is 11.3 Å². The van der Waals surface area contributed by atoms with Crippen molar-refractivity contribution in [3.63, 3.8) is 0 Å². The molecule has 30 heavy (non-hydrogen) atoms. The van der Waals surface area contributed by atoms with Crippen molar-refractivity contribution in [2.75, 3.05) is 33.3 Å². The van der Waals surface area contributed by atoms with E-state index in [2.05, 4.69) is 42.0 Å². The lowest BCUT2D eigenvalue weighted by atomic mass is 9.98. The van der Waals surface area contributed by atoms with Crippen molar-refractivity contribution in [2.24, 2.45) is 0 Å². The number of piperazine rings is 1. The van der Waals surface area contributed by atoms with E-state index in [1.54, 1.807) is 24.5 Å². The first kappa shape index (κ1) is 21.1. The predicted octanol–water partition coefficient (Wildman–Crippen LogP) is 4.63. The second-order valence-electron chi connectivity index (χ2n) is 9.10. The van der Waals surface area contributed by atoms with Crippen molar-refractivity contribution in [1.29, 1.82) is 0 Å². The van der Waals surface area contributed by atoms with Gasteiger partial charge >= 0.3 is 0 Å². The van der Waals surface area contributed by atoms with Gasteiger partial charge in [0.25, 0.3) is 0 Å². The van der Waals surface area contributed by atoms with Crippen molar-refractivity contribution in [1.82, 2.24) is 14.8 Å². The van der Waals surface area contributed by atoms with Crippen LogP contribution in [0.5, 0.6) is 11.5 Å². The van der Waals surface area contributed by atoms with Gasteiger partial charge in [0.15, 0.2) is 0 Å². The SMILES string of the molecule is COc1ccc2ccc(O)c(CN3CCN(Cc4csc(C(C)(C)C)n4)CC3)c2c1. The summed E-state index contributed by atoms with van der Waals surface area (Å²) < 4.78 is 5.39. The molecule has 0 radical (unpaired) electrons. The van der Waals surface area contributed by atoms with E-state index in [4.69, 9.17) is 9.72 Å². The topological polar surface area (TPSA) is 48.8 Å². The Hall–Kier alpha value is -2.15. The molecule has 3 aromatic rings. The van der Waals surface area contributed by atoms with E-state index in [1.165, 1.54) is 10.7 Å². The molecule has 1 fully saturated rings. The van der Waals surface area contributed by atoms with E-state index in [9.17, 15) is 5.11 Å². The monoisotopic (exact) mass is 425 g/mol. The summed E-state index contributed by atoms with van der Waals surface area (Å²) in [6.45, 7) is 12.3. The number of ether oxygens (including phenoxy) is 1. The predicted molar refractivity (Wildman–Crippen MR) is 124 cm³/mol. The molecule has 2 heterocycles. The van der Waals surface area contributed by atoms with Crippen LogP contribution in [-0.2, 0) is 18.5 Å². The summed E-state index contributed by atoms with van der Waals surface area (Å²) in [7, 11) is 1.68. The molecule has 1 aliphatic rings. The van der Waals surface area contributed by atoms with Gasteiger partial charge in [0.1, 0.15) is 11.5 Å². The van der Waals surface area contributed by atoms with E-state index in [0.29, 0.717) is 5.75 Å². The first-order valence-electron chi connectivity index (χ1n) is 10.5. The van der Waals surface area contributed by atoms with Gasteiger partial charge in [0, 0.05) is 55.6 Å². The molecular formula is C24H31N3O2S. The lowest BCUT2D eigenvalue weighted by Gasteiger charge is -2.34. The van der Waals surface area contributed by atoms with Crippen molar-refractivity contribution < 1.29 is 9.84 Å². The Morgan fingerprint density at radius 2 is 1.70 bits per heavy atom. The lowest BCUT2D eigenvalue weighted by molar-refractivity contribution is 0.120. The number of methoxy groups -OCH3 is 1. The smallest absolute Gasteiger partial charge is 0.120 e. The maximum absolute atomic E-state index is 10.5. The van der Waals surface area contributed by atoms with Crippen LogP contribution in [0, 0.1) is 0 Å². The third-order valence-electron chi connectivity index (χ3n) is 5.74. The molecule has 2 aromatic carbocycles. The fraction of sp³-hybridized carbons (Fsp3) is 0.458. The minimum atomic E-state index is 0.116. The number of aromatic hydroxyl groups is 1. The van der Waals surface area contributed by atoms with Crippen LogP contribution in [0.25, 0.3) is 10.8 Å². The lowest BCUT2D eigenvalue weighted by Crippen LogP contribution is -2.45. The molecule has 0 atom stereocenters. The zero-order valence-corrected chi connectivity index (χ0v) is 19.1. The number of hydrogen-bond donors (Lipinski definition) is 1. The van der Waals surface area contributed by atoms with Crippen LogP contribution in [0.2, 0.25) is 0 Å². The highest BCUT2D eigenvalue weighted by molar-refractivity contribution is 7.09. The van der Waals surface area contributed by atoms with Crippen LogP contribution in [0.15, 0.2) is 35.7 Å². The fourth-order valence-electron chi connectivity index (χ4n) is 3.92. The van der Waals surface area contributed by atoms with Gasteiger partial charge < -0.3 is 9.84 Å². The number of hydrogen-bond acceptors (Lipinski definition) is 6. The highest BCUT2D eigenvalue weighted by Crippen LogP contribution is 2.31. The third-order valence-corrected chi connectivity index (χ3v) is 7.06. The Labute approximate surface area is 182 Å². The highest BCUT2D eigenvalue weighted by atomic mass is 32.1. The molecule has 1 saturated heterocycles. The molecule has 5 nitrogen and oxygen atoms in total. The number of aromatic nitrogens is 1. The molecule has 0 spiro atoms. The van der Waals surface area contributed by atoms with Gasteiger partial charge in [-0.05, 0) is 29.0 Å². The van der Waals surface area contributed by atoms with Crippen LogP contribution in [0.3, 0.4) is 0 Å². The van der Waals surface area contributed by atoms with Crippen molar-refractivity contribution in [3.8, 4) is 11.5 Å². The number of rotatable bonds is 5. The van der Waals surface area contributed by atoms with Gasteiger partial charge in [0.2, 0.25) is 0 Å². The molecule has 1 N–H and O–H groups in total. The van der Waals surface area contributed by atoms with Gasteiger partial charge in [-0.2, -0.15) is 0 Å². The molecule has 0 unspecified atom stereocenters. The molecule has 4 rings (SSSR count). The van der Waals surface area contributed by atoms with Gasteiger partial charge in [-0.3, -0.25) is 9.80 Å². The second-order valence-corrected chi connectivity index (χ2v) is 9.95. The summed E-state index contributed by atoms with van der Waals surface area (Å²) in [6, 6.07) is 9.80. The largest absolute Gasteiger partial charge is 0.508 e. The fourth-order valence-corrected chi connectivity index (χ4v) is 4.82. The van der Waals surface area contributed by atoms with E-state index in [0.717, 1.165) is 61.4 Å². The summed E-state index contributed by atoms with van der Waals surface area (Å²) in [6.07, 6.45) is 0. The first-order valence-corrected chi connectivity index (χ1v) is 11.4. The van der Waals surface area contributed by atoms with Crippen LogP contribution in [0.4, 0.5) is 0 Å². The molecule has 6 heteroatoms. The average Bonchev–Trinajstić information content (AvgIpc) is 3.20. The van der Waals surface area contributed by atoms with E-state index < -0.39 is 0 Å². The van der Waals surface area contributed by atoms with Crippen LogP contribution < -0.4 is 4.74 Å². The van der Waals surface area contributed by atoms with Crippen molar-refractivity contribution in [2.45, 2.75) is 39.3 Å². The number of benzene rings is 2. The summed E-state index contributed by atoms with van der Waals surface area (Å²) in [4.78, 5) is 9.74. The minimum Gasteiger partial charge on any atom is -0.508 e. The normalized spacial score (nSPS) is 16.3. The Morgan fingerprint density at radius 1 is 1.03 bits per heavy atom. The third kappa shape index (κ3) is 4.61. The number of nitrogens with zero attached hydrogens (tertiary/aromatic N) is 3. The van der Waals surface area contributed by atoms with Crippen LogP contribution in [0.1, 0.15) is 37.0 Å². The second kappa shape index (κ2) is 8.53. The maximum atomic E-state index is 10.5. The van der Waals surface area contributed by atoms with Crippen LogP contribution in [-0.4, -0.2) is 53.2 Å².